The Hall–Kier alpha value is -0.590. The van der Waals surface area contributed by atoms with Gasteiger partial charge in [-0.15, -0.1) is 10.2 Å². The molecule has 0 aromatic carbocycles. The van der Waals surface area contributed by atoms with Crippen molar-refractivity contribution in [3.63, 3.8) is 0 Å². The van der Waals surface area contributed by atoms with Gasteiger partial charge in [0.15, 0.2) is 5.16 Å². The minimum absolute atomic E-state index is 0.586. The third-order valence-electron chi connectivity index (χ3n) is 2.16. The van der Waals surface area contributed by atoms with Crippen molar-refractivity contribution in [2.24, 2.45) is 11.7 Å². The third kappa shape index (κ3) is 5.06. The molecule has 98 valence electrons. The Bertz CT molecular complexity index is 327. The molecule has 1 heterocycles. The molecule has 0 aliphatic heterocycles. The van der Waals surface area contributed by atoms with E-state index >= 15 is 0 Å². The minimum atomic E-state index is 0.586. The molecule has 1 aromatic heterocycles. The van der Waals surface area contributed by atoms with Gasteiger partial charge in [0.1, 0.15) is 5.82 Å². The maximum Gasteiger partial charge on any atom is 0.191 e. The predicted molar refractivity (Wildman–Crippen MR) is 70.2 cm³/mol. The van der Waals surface area contributed by atoms with Gasteiger partial charge in [0, 0.05) is 25.4 Å². The smallest absolute Gasteiger partial charge is 0.191 e. The summed E-state index contributed by atoms with van der Waals surface area (Å²) in [4.78, 5) is 0. The normalized spacial score (nSPS) is 11.4. The minimum Gasteiger partial charge on any atom is -0.380 e. The average Bonchev–Trinajstić information content (AvgIpc) is 2.61. The number of aryl methyl sites for hydroxylation is 1. The van der Waals surface area contributed by atoms with Crippen LogP contribution in [-0.2, 0) is 11.3 Å². The first-order chi connectivity index (χ1) is 8.15. The van der Waals surface area contributed by atoms with E-state index in [0.29, 0.717) is 12.5 Å². The van der Waals surface area contributed by atoms with Gasteiger partial charge in [-0.05, 0) is 12.8 Å². The maximum atomic E-state index is 5.56. The van der Waals surface area contributed by atoms with Crippen LogP contribution in [0, 0.1) is 12.8 Å². The Kier molecular flexibility index (Phi) is 6.54. The Labute approximate surface area is 107 Å². The molecule has 2 N–H and O–H groups in total. The second-order valence-corrected chi connectivity index (χ2v) is 5.35. The standard InChI is InChI=1S/C11H22N4OS/c1-9(2)8-16-6-7-17-11-14-13-10(3)15(11)5-4-12/h9H,4-8,12H2,1-3H3. The number of nitrogens with zero attached hydrogens (tertiary/aromatic N) is 3. The molecule has 0 saturated heterocycles. The molecule has 0 saturated carbocycles. The molecule has 0 atom stereocenters. The fraction of sp³-hybridized carbons (Fsp3) is 0.818. The van der Waals surface area contributed by atoms with Crippen LogP contribution < -0.4 is 5.73 Å². The van der Waals surface area contributed by atoms with E-state index in [2.05, 4.69) is 24.0 Å². The first kappa shape index (κ1) is 14.5. The molecule has 6 heteroatoms. The second-order valence-electron chi connectivity index (χ2n) is 4.29. The molecule has 0 aliphatic rings. The van der Waals surface area contributed by atoms with Crippen LogP contribution in [0.3, 0.4) is 0 Å². The molecule has 0 unspecified atom stereocenters. The molecular weight excluding hydrogens is 236 g/mol. The van der Waals surface area contributed by atoms with Gasteiger partial charge in [-0.25, -0.2) is 0 Å². The quantitative estimate of drug-likeness (QED) is 0.562. The highest BCUT2D eigenvalue weighted by atomic mass is 32.2. The van der Waals surface area contributed by atoms with Gasteiger partial charge in [0.2, 0.25) is 0 Å². The van der Waals surface area contributed by atoms with E-state index in [9.17, 15) is 0 Å². The van der Waals surface area contributed by atoms with Crippen LogP contribution in [0.5, 0.6) is 0 Å². The first-order valence-electron chi connectivity index (χ1n) is 5.95. The van der Waals surface area contributed by atoms with E-state index in [1.165, 1.54) is 0 Å². The molecule has 0 radical (unpaired) electrons. The highest BCUT2D eigenvalue weighted by Gasteiger charge is 2.08. The third-order valence-corrected chi connectivity index (χ3v) is 3.10. The summed E-state index contributed by atoms with van der Waals surface area (Å²) in [6.07, 6.45) is 0. The van der Waals surface area contributed by atoms with Crippen LogP contribution in [0.25, 0.3) is 0 Å². The van der Waals surface area contributed by atoms with Crippen LogP contribution >= 0.6 is 11.8 Å². The van der Waals surface area contributed by atoms with Crippen molar-refractivity contribution in [3.05, 3.63) is 5.82 Å². The summed E-state index contributed by atoms with van der Waals surface area (Å²) in [5, 5.41) is 9.12. The molecule has 1 aromatic rings. The van der Waals surface area contributed by atoms with E-state index in [-0.39, 0.29) is 0 Å². The van der Waals surface area contributed by atoms with Crippen molar-refractivity contribution < 1.29 is 4.74 Å². The zero-order chi connectivity index (χ0) is 12.7. The van der Waals surface area contributed by atoms with Crippen LogP contribution in [-0.4, -0.2) is 40.3 Å². The molecule has 5 nitrogen and oxygen atoms in total. The van der Waals surface area contributed by atoms with E-state index in [0.717, 1.165) is 36.5 Å². The van der Waals surface area contributed by atoms with Gasteiger partial charge in [0.05, 0.1) is 6.61 Å². The van der Waals surface area contributed by atoms with E-state index in [1.807, 2.05) is 11.5 Å². The highest BCUT2D eigenvalue weighted by molar-refractivity contribution is 7.99. The van der Waals surface area contributed by atoms with Crippen LogP contribution in [0.15, 0.2) is 5.16 Å². The van der Waals surface area contributed by atoms with Gasteiger partial charge >= 0.3 is 0 Å². The highest BCUT2D eigenvalue weighted by Crippen LogP contribution is 2.16. The lowest BCUT2D eigenvalue weighted by Gasteiger charge is -2.08. The molecule has 17 heavy (non-hydrogen) atoms. The average molecular weight is 258 g/mol. The maximum absolute atomic E-state index is 5.56. The van der Waals surface area contributed by atoms with Crippen molar-refractivity contribution in [1.29, 1.82) is 0 Å². The number of hydrogen-bond donors (Lipinski definition) is 1. The summed E-state index contributed by atoms with van der Waals surface area (Å²) in [6, 6.07) is 0. The number of rotatable bonds is 8. The zero-order valence-corrected chi connectivity index (χ0v) is 11.7. The Morgan fingerprint density at radius 2 is 2.18 bits per heavy atom. The lowest BCUT2D eigenvalue weighted by atomic mass is 10.2. The van der Waals surface area contributed by atoms with Gasteiger partial charge in [-0.1, -0.05) is 25.6 Å². The Balaban J connectivity index is 2.31. The fourth-order valence-electron chi connectivity index (χ4n) is 1.37. The summed E-state index contributed by atoms with van der Waals surface area (Å²) in [5.41, 5.74) is 5.56. The van der Waals surface area contributed by atoms with E-state index in [4.69, 9.17) is 10.5 Å². The van der Waals surface area contributed by atoms with Crippen LogP contribution in [0.2, 0.25) is 0 Å². The SMILES string of the molecule is Cc1nnc(SCCOCC(C)C)n1CCN. The van der Waals surface area contributed by atoms with Crippen LogP contribution in [0.4, 0.5) is 0 Å². The molecule has 0 bridgehead atoms. The fourth-order valence-corrected chi connectivity index (χ4v) is 2.23. The number of ether oxygens (including phenoxy) is 1. The lowest BCUT2D eigenvalue weighted by molar-refractivity contribution is 0.124. The number of nitrogens with two attached hydrogens (primary N) is 1. The number of aromatic nitrogens is 3. The van der Waals surface area contributed by atoms with Gasteiger partial charge in [-0.3, -0.25) is 0 Å². The van der Waals surface area contributed by atoms with Crippen molar-refractivity contribution in [3.8, 4) is 0 Å². The summed E-state index contributed by atoms with van der Waals surface area (Å²) in [5.74, 6) is 2.40. The molecular formula is C11H22N4OS. The monoisotopic (exact) mass is 258 g/mol. The van der Waals surface area contributed by atoms with Crippen molar-refractivity contribution in [2.75, 3.05) is 25.5 Å². The molecule has 1 rings (SSSR count). The Morgan fingerprint density at radius 1 is 1.41 bits per heavy atom. The topological polar surface area (TPSA) is 66.0 Å². The van der Waals surface area contributed by atoms with Crippen molar-refractivity contribution >= 4 is 11.8 Å². The van der Waals surface area contributed by atoms with Gasteiger partial charge in [0.25, 0.3) is 0 Å². The largest absolute Gasteiger partial charge is 0.380 e. The van der Waals surface area contributed by atoms with Crippen LogP contribution in [0.1, 0.15) is 19.7 Å². The summed E-state index contributed by atoms with van der Waals surface area (Å²) in [7, 11) is 0. The molecule has 0 fully saturated rings. The predicted octanol–water partition coefficient (Wildman–Crippen LogP) is 1.31. The Morgan fingerprint density at radius 3 is 2.82 bits per heavy atom. The van der Waals surface area contributed by atoms with Crippen molar-refractivity contribution in [2.45, 2.75) is 32.5 Å². The van der Waals surface area contributed by atoms with Gasteiger partial charge in [-0.2, -0.15) is 0 Å². The number of thioether (sulfide) groups is 1. The zero-order valence-electron chi connectivity index (χ0n) is 10.8. The number of hydrogen-bond acceptors (Lipinski definition) is 5. The van der Waals surface area contributed by atoms with Gasteiger partial charge < -0.3 is 15.0 Å². The molecule has 0 amide bonds. The summed E-state index contributed by atoms with van der Waals surface area (Å²) < 4.78 is 7.57. The van der Waals surface area contributed by atoms with E-state index < -0.39 is 0 Å². The lowest BCUT2D eigenvalue weighted by Crippen LogP contribution is -2.12. The molecule has 0 spiro atoms. The summed E-state index contributed by atoms with van der Waals surface area (Å²) >= 11 is 1.67. The summed E-state index contributed by atoms with van der Waals surface area (Å²) in [6.45, 7) is 9.18. The second kappa shape index (κ2) is 7.68. The van der Waals surface area contributed by atoms with E-state index in [1.54, 1.807) is 11.8 Å². The first-order valence-corrected chi connectivity index (χ1v) is 6.94. The molecule has 0 aliphatic carbocycles. The van der Waals surface area contributed by atoms with Crippen molar-refractivity contribution in [1.82, 2.24) is 14.8 Å².